The van der Waals surface area contributed by atoms with E-state index in [0.717, 1.165) is 0 Å². The Hall–Kier alpha value is -1.63. The number of anilines is 1. The smallest absolute Gasteiger partial charge is 0.272 e. The van der Waals surface area contributed by atoms with Crippen molar-refractivity contribution in [1.82, 2.24) is 10.3 Å². The van der Waals surface area contributed by atoms with E-state index >= 15 is 0 Å². The molecule has 1 unspecified atom stereocenters. The van der Waals surface area contributed by atoms with Crippen molar-refractivity contribution in [3.63, 3.8) is 0 Å². The first-order valence-electron chi connectivity index (χ1n) is 5.55. The van der Waals surface area contributed by atoms with Gasteiger partial charge >= 0.3 is 0 Å². The zero-order valence-corrected chi connectivity index (χ0v) is 10.8. The van der Waals surface area contributed by atoms with Crippen LogP contribution in [0.4, 0.5) is 5.69 Å². The zero-order valence-electron chi connectivity index (χ0n) is 10.0. The van der Waals surface area contributed by atoms with Crippen molar-refractivity contribution < 1.29 is 13.2 Å². The van der Waals surface area contributed by atoms with Crippen LogP contribution < -0.4 is 11.1 Å². The van der Waals surface area contributed by atoms with Gasteiger partial charge in [0.05, 0.1) is 22.7 Å². The number of carbonyl (C=O) groups excluding carboxylic acids is 1. The minimum Gasteiger partial charge on any atom is -0.397 e. The number of nitrogens with zero attached hydrogens (tertiary/aromatic N) is 1. The fourth-order valence-corrected chi connectivity index (χ4v) is 4.14. The molecule has 2 rings (SSSR count). The maximum Gasteiger partial charge on any atom is 0.272 e. The molecule has 0 radical (unpaired) electrons. The van der Waals surface area contributed by atoms with Gasteiger partial charge in [0.2, 0.25) is 0 Å². The van der Waals surface area contributed by atoms with Gasteiger partial charge in [0.25, 0.3) is 5.91 Å². The Morgan fingerprint density at radius 3 is 2.83 bits per heavy atom. The van der Waals surface area contributed by atoms with Crippen molar-refractivity contribution in [2.45, 2.75) is 18.9 Å². The van der Waals surface area contributed by atoms with Gasteiger partial charge in [-0.1, -0.05) is 0 Å². The van der Waals surface area contributed by atoms with E-state index in [0.29, 0.717) is 6.42 Å². The highest BCUT2D eigenvalue weighted by Gasteiger charge is 2.39. The number of pyridine rings is 1. The van der Waals surface area contributed by atoms with E-state index in [1.54, 1.807) is 19.1 Å². The van der Waals surface area contributed by atoms with Crippen LogP contribution in [-0.4, -0.2) is 36.4 Å². The highest BCUT2D eigenvalue weighted by atomic mass is 32.2. The van der Waals surface area contributed by atoms with E-state index < -0.39 is 21.3 Å². The highest BCUT2D eigenvalue weighted by molar-refractivity contribution is 7.91. The van der Waals surface area contributed by atoms with Crippen molar-refractivity contribution in [3.8, 4) is 0 Å². The summed E-state index contributed by atoms with van der Waals surface area (Å²) in [4.78, 5) is 15.9. The fourth-order valence-electron chi connectivity index (χ4n) is 2.05. The Bertz CT molecular complexity index is 585. The van der Waals surface area contributed by atoms with Gasteiger partial charge in [0.15, 0.2) is 15.5 Å². The maximum atomic E-state index is 12.0. The zero-order chi connectivity index (χ0) is 13.4. The van der Waals surface area contributed by atoms with E-state index in [-0.39, 0.29) is 22.9 Å². The largest absolute Gasteiger partial charge is 0.397 e. The van der Waals surface area contributed by atoms with Crippen LogP contribution >= 0.6 is 0 Å². The third-order valence-electron chi connectivity index (χ3n) is 2.97. The molecular weight excluding hydrogens is 254 g/mol. The van der Waals surface area contributed by atoms with Gasteiger partial charge in [-0.25, -0.2) is 13.4 Å². The molecule has 6 nitrogen and oxygen atoms in total. The van der Waals surface area contributed by atoms with E-state index in [1.165, 1.54) is 6.20 Å². The Morgan fingerprint density at radius 2 is 2.28 bits per heavy atom. The minimum atomic E-state index is -3.06. The number of amides is 1. The summed E-state index contributed by atoms with van der Waals surface area (Å²) in [5, 5.41) is 2.71. The van der Waals surface area contributed by atoms with Crippen LogP contribution in [0.2, 0.25) is 0 Å². The molecule has 7 heteroatoms. The van der Waals surface area contributed by atoms with Gasteiger partial charge in [0.1, 0.15) is 0 Å². The second-order valence-electron chi connectivity index (χ2n) is 4.80. The van der Waals surface area contributed by atoms with Crippen molar-refractivity contribution in [3.05, 3.63) is 24.0 Å². The molecule has 0 spiro atoms. The number of hydrogen-bond acceptors (Lipinski definition) is 5. The molecule has 1 amide bonds. The number of hydrogen-bond donors (Lipinski definition) is 2. The Labute approximate surface area is 106 Å². The van der Waals surface area contributed by atoms with Crippen LogP contribution in [0, 0.1) is 0 Å². The summed E-state index contributed by atoms with van der Waals surface area (Å²) >= 11 is 0. The standard InChI is InChI=1S/C11H15N3O3S/c1-11(4-6-18(16,17)7-11)14-10(15)9-8(12)3-2-5-13-9/h2-3,5H,4,6-7,12H2,1H3,(H,14,15). The summed E-state index contributed by atoms with van der Waals surface area (Å²) in [6.45, 7) is 1.72. The van der Waals surface area contributed by atoms with Gasteiger partial charge in [-0.05, 0) is 25.5 Å². The van der Waals surface area contributed by atoms with Gasteiger partial charge < -0.3 is 11.1 Å². The lowest BCUT2D eigenvalue weighted by Crippen LogP contribution is -2.47. The predicted octanol–water partition coefficient (Wildman–Crippen LogP) is -0.0292. The topological polar surface area (TPSA) is 102 Å². The average molecular weight is 269 g/mol. The number of nitrogen functional groups attached to an aromatic ring is 1. The Morgan fingerprint density at radius 1 is 1.56 bits per heavy atom. The average Bonchev–Trinajstić information content (AvgIpc) is 2.53. The molecular formula is C11H15N3O3S. The van der Waals surface area contributed by atoms with Crippen LogP contribution in [0.15, 0.2) is 18.3 Å². The molecule has 0 aromatic carbocycles. The normalized spacial score (nSPS) is 25.8. The van der Waals surface area contributed by atoms with Crippen molar-refractivity contribution in [1.29, 1.82) is 0 Å². The molecule has 1 aromatic rings. The number of nitrogens with one attached hydrogen (secondary N) is 1. The molecule has 1 aliphatic heterocycles. The Balaban J connectivity index is 2.16. The van der Waals surface area contributed by atoms with E-state index in [1.807, 2.05) is 0 Å². The quantitative estimate of drug-likeness (QED) is 0.785. The number of aromatic nitrogens is 1. The molecule has 2 heterocycles. The number of sulfone groups is 1. The maximum absolute atomic E-state index is 12.0. The molecule has 0 saturated carbocycles. The van der Waals surface area contributed by atoms with Crippen molar-refractivity contribution in [2.75, 3.05) is 17.2 Å². The third-order valence-corrected chi connectivity index (χ3v) is 4.88. The Kier molecular flexibility index (Phi) is 3.02. The second kappa shape index (κ2) is 4.24. The summed E-state index contributed by atoms with van der Waals surface area (Å²) in [5.41, 5.74) is 5.32. The number of rotatable bonds is 2. The van der Waals surface area contributed by atoms with Crippen molar-refractivity contribution >= 4 is 21.4 Å². The lowest BCUT2D eigenvalue weighted by Gasteiger charge is -2.23. The first-order chi connectivity index (χ1) is 8.31. The summed E-state index contributed by atoms with van der Waals surface area (Å²) in [7, 11) is -3.06. The minimum absolute atomic E-state index is 0.0432. The summed E-state index contributed by atoms with van der Waals surface area (Å²) in [6.07, 6.45) is 1.88. The lowest BCUT2D eigenvalue weighted by atomic mass is 10.0. The summed E-state index contributed by atoms with van der Waals surface area (Å²) in [5.74, 6) is -0.382. The van der Waals surface area contributed by atoms with E-state index in [2.05, 4.69) is 10.3 Å². The van der Waals surface area contributed by atoms with Crippen molar-refractivity contribution in [2.24, 2.45) is 0 Å². The molecule has 0 bridgehead atoms. The molecule has 1 saturated heterocycles. The molecule has 18 heavy (non-hydrogen) atoms. The van der Waals surface area contributed by atoms with Crippen LogP contribution in [0.3, 0.4) is 0 Å². The van der Waals surface area contributed by atoms with Gasteiger partial charge in [-0.3, -0.25) is 4.79 Å². The van der Waals surface area contributed by atoms with Gasteiger partial charge in [0, 0.05) is 6.20 Å². The molecule has 0 aliphatic carbocycles. The second-order valence-corrected chi connectivity index (χ2v) is 6.98. The number of nitrogens with two attached hydrogens (primary N) is 1. The third kappa shape index (κ3) is 2.61. The van der Waals surface area contributed by atoms with Gasteiger partial charge in [-0.15, -0.1) is 0 Å². The molecule has 1 fully saturated rings. The number of carbonyl (C=O) groups is 1. The first-order valence-corrected chi connectivity index (χ1v) is 7.37. The van der Waals surface area contributed by atoms with E-state index in [4.69, 9.17) is 5.73 Å². The lowest BCUT2D eigenvalue weighted by molar-refractivity contribution is 0.0911. The SMILES string of the molecule is CC1(NC(=O)c2ncccc2N)CCS(=O)(=O)C1. The van der Waals surface area contributed by atoms with Crippen LogP contribution in [0.5, 0.6) is 0 Å². The molecule has 1 aromatic heterocycles. The summed E-state index contributed by atoms with van der Waals surface area (Å²) < 4.78 is 22.9. The van der Waals surface area contributed by atoms with E-state index in [9.17, 15) is 13.2 Å². The monoisotopic (exact) mass is 269 g/mol. The van der Waals surface area contributed by atoms with Gasteiger partial charge in [-0.2, -0.15) is 0 Å². The van der Waals surface area contributed by atoms with Crippen LogP contribution in [0.1, 0.15) is 23.8 Å². The molecule has 3 N–H and O–H groups in total. The fraction of sp³-hybridized carbons (Fsp3) is 0.455. The molecule has 98 valence electrons. The molecule has 1 atom stereocenters. The predicted molar refractivity (Wildman–Crippen MR) is 67.8 cm³/mol. The molecule has 1 aliphatic rings. The summed E-state index contributed by atoms with van der Waals surface area (Å²) in [6, 6.07) is 3.21. The van der Waals surface area contributed by atoms with Crippen LogP contribution in [0.25, 0.3) is 0 Å². The first kappa shape index (κ1) is 12.8. The van der Waals surface area contributed by atoms with Crippen LogP contribution in [-0.2, 0) is 9.84 Å². The highest BCUT2D eigenvalue weighted by Crippen LogP contribution is 2.23.